The average Bonchev–Trinajstić information content (AvgIpc) is 2.86. The molecule has 0 fully saturated rings. The fourth-order valence-electron chi connectivity index (χ4n) is 3.77. The summed E-state index contributed by atoms with van der Waals surface area (Å²) in [6, 6.07) is -1.48. The summed E-state index contributed by atoms with van der Waals surface area (Å²) in [6.07, 6.45) is 20.4. The molecule has 3 atom stereocenters. The molecular weight excluding hydrogens is 501 g/mol. The average molecular weight is 554 g/mol. The summed E-state index contributed by atoms with van der Waals surface area (Å²) in [6.45, 7) is 0.521. The lowest BCUT2D eigenvalue weighted by atomic mass is 10.0. The number of hydrogen-bond donors (Lipinski definition) is 4. The van der Waals surface area contributed by atoms with Gasteiger partial charge in [0.1, 0.15) is 18.8 Å². The predicted molar refractivity (Wildman–Crippen MR) is 143 cm³/mol. The molecule has 37 heavy (non-hydrogen) atoms. The summed E-state index contributed by atoms with van der Waals surface area (Å²) < 4.78 is 25.5. The van der Waals surface area contributed by atoms with Crippen LogP contribution >= 0.6 is 7.82 Å². The molecule has 10 nitrogen and oxygen atoms in total. The van der Waals surface area contributed by atoms with Crippen LogP contribution in [0.2, 0.25) is 0 Å². The van der Waals surface area contributed by atoms with Gasteiger partial charge in [0.25, 0.3) is 0 Å². The maximum absolute atomic E-state index is 11.8. The van der Waals surface area contributed by atoms with E-state index in [4.69, 9.17) is 15.6 Å². The second kappa shape index (κ2) is 24.0. The molecule has 0 amide bonds. The Kier molecular flexibility index (Phi) is 23.4. The van der Waals surface area contributed by atoms with Crippen molar-refractivity contribution in [2.75, 3.05) is 19.8 Å². The molecule has 1 unspecified atom stereocenters. The fourth-order valence-corrected chi connectivity index (χ4v) is 4.55. The maximum Gasteiger partial charge on any atom is 0.472 e. The minimum atomic E-state index is -4.58. The number of aliphatic hydroxyl groups is 1. The smallest absolute Gasteiger partial charge is 0.472 e. The second-order valence-corrected chi connectivity index (χ2v) is 11.2. The molecule has 5 N–H and O–H groups in total. The molecule has 0 saturated carbocycles. The lowest BCUT2D eigenvalue weighted by Gasteiger charge is -2.16. The van der Waals surface area contributed by atoms with E-state index in [1.165, 1.54) is 89.9 Å². The number of aliphatic carboxylic acids is 1. The van der Waals surface area contributed by atoms with E-state index in [9.17, 15) is 24.2 Å². The number of carbonyl (C=O) groups is 2. The van der Waals surface area contributed by atoms with Gasteiger partial charge >= 0.3 is 19.8 Å². The molecule has 0 bridgehead atoms. The number of hydrogen-bond acceptors (Lipinski definition) is 8. The highest BCUT2D eigenvalue weighted by Gasteiger charge is 2.26. The first kappa shape index (κ1) is 36.0. The fraction of sp³-hybridized carbons (Fsp3) is 0.923. The standard InChI is InChI=1S/C26H52NO9P/c1-2-3-4-5-6-7-8-9-10-11-12-13-14-15-16-17-18-19-25(29)34-20-23(28)21-35-37(32,33)36-22-24(27)26(30)31/h23-24,28H,2-22,27H2,1H3,(H,30,31)(H,32,33)/t23-,24+/m1/s1. The molecule has 0 aliphatic carbocycles. The van der Waals surface area contributed by atoms with E-state index in [1.54, 1.807) is 0 Å². The highest BCUT2D eigenvalue weighted by Crippen LogP contribution is 2.43. The number of phosphoric ester groups is 1. The van der Waals surface area contributed by atoms with Gasteiger partial charge in [0, 0.05) is 6.42 Å². The molecule has 220 valence electrons. The van der Waals surface area contributed by atoms with Gasteiger partial charge in [-0.15, -0.1) is 0 Å². The minimum Gasteiger partial charge on any atom is -0.480 e. The van der Waals surface area contributed by atoms with Crippen molar-refractivity contribution in [3.05, 3.63) is 0 Å². The summed E-state index contributed by atoms with van der Waals surface area (Å²) in [5, 5.41) is 18.3. The summed E-state index contributed by atoms with van der Waals surface area (Å²) >= 11 is 0. The first-order valence-electron chi connectivity index (χ1n) is 14.1. The Balaban J connectivity index is 3.50. The molecule has 0 heterocycles. The SMILES string of the molecule is CCCCCCCCCCCCCCCCCCCC(=O)OC[C@@H](O)COP(=O)(O)OC[C@H](N)C(=O)O. The van der Waals surface area contributed by atoms with Crippen LogP contribution in [0.3, 0.4) is 0 Å². The van der Waals surface area contributed by atoms with Crippen molar-refractivity contribution in [2.45, 2.75) is 135 Å². The van der Waals surface area contributed by atoms with Gasteiger partial charge < -0.3 is 25.6 Å². The Morgan fingerprint density at radius 1 is 0.730 bits per heavy atom. The van der Waals surface area contributed by atoms with Crippen molar-refractivity contribution < 1.29 is 43.0 Å². The van der Waals surface area contributed by atoms with Crippen molar-refractivity contribution in [3.63, 3.8) is 0 Å². The molecule has 0 saturated heterocycles. The van der Waals surface area contributed by atoms with Crippen molar-refractivity contribution in [1.29, 1.82) is 0 Å². The number of nitrogens with two attached hydrogens (primary N) is 1. The number of rotatable bonds is 27. The second-order valence-electron chi connectivity index (χ2n) is 9.75. The zero-order chi connectivity index (χ0) is 27.8. The van der Waals surface area contributed by atoms with Gasteiger partial charge in [-0.05, 0) is 6.42 Å². The Morgan fingerprint density at radius 3 is 1.57 bits per heavy atom. The van der Waals surface area contributed by atoms with Crippen LogP contribution in [-0.4, -0.2) is 59.0 Å². The van der Waals surface area contributed by atoms with Crippen LogP contribution in [0.1, 0.15) is 122 Å². The Labute approximate surface area is 223 Å². The number of aliphatic hydroxyl groups excluding tert-OH is 1. The van der Waals surface area contributed by atoms with Crippen LogP contribution in [0.5, 0.6) is 0 Å². The summed E-state index contributed by atoms with van der Waals surface area (Å²) in [5.41, 5.74) is 5.16. The number of phosphoric acid groups is 1. The third kappa shape index (κ3) is 25.0. The van der Waals surface area contributed by atoms with E-state index in [-0.39, 0.29) is 13.0 Å². The third-order valence-electron chi connectivity index (χ3n) is 6.09. The molecule has 11 heteroatoms. The Bertz CT molecular complexity index is 621. The summed E-state index contributed by atoms with van der Waals surface area (Å²) in [5.74, 6) is -1.84. The van der Waals surface area contributed by atoms with Crippen LogP contribution < -0.4 is 5.73 Å². The van der Waals surface area contributed by atoms with Crippen molar-refractivity contribution in [2.24, 2.45) is 5.73 Å². The number of esters is 1. The van der Waals surface area contributed by atoms with Crippen LogP contribution in [0.4, 0.5) is 0 Å². The maximum atomic E-state index is 11.8. The number of unbranched alkanes of at least 4 members (excludes halogenated alkanes) is 16. The summed E-state index contributed by atoms with van der Waals surface area (Å²) in [4.78, 5) is 31.8. The van der Waals surface area contributed by atoms with Crippen LogP contribution in [0.15, 0.2) is 0 Å². The molecule has 0 aliphatic rings. The van der Waals surface area contributed by atoms with Gasteiger partial charge in [-0.1, -0.05) is 110 Å². The van der Waals surface area contributed by atoms with Gasteiger partial charge in [-0.3, -0.25) is 18.6 Å². The quantitative estimate of drug-likeness (QED) is 0.0581. The normalized spacial score (nSPS) is 14.7. The molecule has 0 aromatic carbocycles. The number of carbonyl (C=O) groups excluding carboxylic acids is 1. The van der Waals surface area contributed by atoms with E-state index in [0.29, 0.717) is 6.42 Å². The van der Waals surface area contributed by atoms with Gasteiger partial charge in [-0.25, -0.2) is 4.57 Å². The Morgan fingerprint density at radius 2 is 1.14 bits per heavy atom. The first-order valence-corrected chi connectivity index (χ1v) is 15.6. The van der Waals surface area contributed by atoms with Crippen molar-refractivity contribution in [1.82, 2.24) is 0 Å². The number of carboxylic acid groups (broad SMARTS) is 1. The lowest BCUT2D eigenvalue weighted by molar-refractivity contribution is -0.147. The lowest BCUT2D eigenvalue weighted by Crippen LogP contribution is -2.34. The summed E-state index contributed by atoms with van der Waals surface area (Å²) in [7, 11) is -4.58. The zero-order valence-corrected chi connectivity index (χ0v) is 23.7. The minimum absolute atomic E-state index is 0.251. The van der Waals surface area contributed by atoms with E-state index in [2.05, 4.69) is 16.0 Å². The van der Waals surface area contributed by atoms with Gasteiger partial charge in [-0.2, -0.15) is 0 Å². The Hall–Kier alpha value is -1.03. The zero-order valence-electron chi connectivity index (χ0n) is 22.8. The molecule has 0 spiro atoms. The topological polar surface area (TPSA) is 166 Å². The molecule has 0 aromatic heterocycles. The van der Waals surface area contributed by atoms with Gasteiger partial charge in [0.15, 0.2) is 0 Å². The third-order valence-corrected chi connectivity index (χ3v) is 7.04. The van der Waals surface area contributed by atoms with E-state index < -0.39 is 45.1 Å². The molecule has 0 aromatic rings. The highest BCUT2D eigenvalue weighted by atomic mass is 31.2. The van der Waals surface area contributed by atoms with Gasteiger partial charge in [0.05, 0.1) is 13.2 Å². The predicted octanol–water partition coefficient (Wildman–Crippen LogP) is 5.48. The number of ether oxygens (including phenoxy) is 1. The highest BCUT2D eigenvalue weighted by molar-refractivity contribution is 7.47. The monoisotopic (exact) mass is 553 g/mol. The molecule has 0 aliphatic heterocycles. The first-order chi connectivity index (χ1) is 17.7. The van der Waals surface area contributed by atoms with Crippen LogP contribution in [0, 0.1) is 0 Å². The number of carboxylic acids is 1. The molecular formula is C26H52NO9P. The van der Waals surface area contributed by atoms with Crippen LogP contribution in [-0.2, 0) is 27.9 Å². The van der Waals surface area contributed by atoms with E-state index in [1.807, 2.05) is 0 Å². The van der Waals surface area contributed by atoms with Crippen molar-refractivity contribution >= 4 is 19.8 Å². The molecule has 0 radical (unpaired) electrons. The largest absolute Gasteiger partial charge is 0.480 e. The van der Waals surface area contributed by atoms with Crippen molar-refractivity contribution in [3.8, 4) is 0 Å². The molecule has 0 rings (SSSR count). The van der Waals surface area contributed by atoms with E-state index in [0.717, 1.165) is 12.8 Å². The van der Waals surface area contributed by atoms with E-state index >= 15 is 0 Å². The van der Waals surface area contributed by atoms with Gasteiger partial charge in [0.2, 0.25) is 0 Å². The van der Waals surface area contributed by atoms with Crippen LogP contribution in [0.25, 0.3) is 0 Å².